The van der Waals surface area contributed by atoms with Gasteiger partial charge in [0.25, 0.3) is 0 Å². The number of morpholine rings is 1. The third-order valence-corrected chi connectivity index (χ3v) is 3.70. The molecule has 3 fully saturated rings. The van der Waals surface area contributed by atoms with Gasteiger partial charge in [-0.15, -0.1) is 0 Å². The zero-order valence-electron chi connectivity index (χ0n) is 8.85. The molecule has 3 rings (SSSR count). The van der Waals surface area contributed by atoms with E-state index in [4.69, 9.17) is 9.47 Å². The summed E-state index contributed by atoms with van der Waals surface area (Å²) in [6, 6.07) is 0.281. The number of likely N-dealkylation sites (tertiary alicyclic amines) is 1. The largest absolute Gasteiger partial charge is 0.446 e. The van der Waals surface area contributed by atoms with Crippen molar-refractivity contribution in [3.63, 3.8) is 0 Å². The summed E-state index contributed by atoms with van der Waals surface area (Å²) < 4.78 is 10.9. The Morgan fingerprint density at radius 3 is 2.73 bits per heavy atom. The number of ether oxygens (including phenoxy) is 2. The highest BCUT2D eigenvalue weighted by molar-refractivity contribution is 5.69. The van der Waals surface area contributed by atoms with Crippen molar-refractivity contribution in [3.05, 3.63) is 0 Å². The summed E-state index contributed by atoms with van der Waals surface area (Å²) >= 11 is 0. The van der Waals surface area contributed by atoms with Gasteiger partial charge in [0.1, 0.15) is 6.10 Å². The van der Waals surface area contributed by atoms with E-state index in [2.05, 4.69) is 0 Å². The number of fused-ring (bicyclic) bond motifs is 2. The van der Waals surface area contributed by atoms with E-state index in [0.29, 0.717) is 6.61 Å². The standard InChI is InChI=1S/C11H17NO3/c13-11(15-9-3-1-2-4-9)12-6-10-5-8(12)7-14-10/h8-10H,1-7H2/t8-,10+/m0/s1. The molecular weight excluding hydrogens is 194 g/mol. The van der Waals surface area contributed by atoms with Crippen molar-refractivity contribution in [2.75, 3.05) is 13.2 Å². The van der Waals surface area contributed by atoms with Gasteiger partial charge in [0, 0.05) is 0 Å². The number of nitrogens with zero attached hydrogens (tertiary/aromatic N) is 1. The summed E-state index contributed by atoms with van der Waals surface area (Å²) in [7, 11) is 0. The van der Waals surface area contributed by atoms with Crippen LogP contribution in [0.25, 0.3) is 0 Å². The zero-order valence-corrected chi connectivity index (χ0v) is 8.85. The Hall–Kier alpha value is -0.770. The number of hydrogen-bond acceptors (Lipinski definition) is 3. The lowest BCUT2D eigenvalue weighted by Crippen LogP contribution is -2.42. The molecule has 2 heterocycles. The van der Waals surface area contributed by atoms with Crippen molar-refractivity contribution in [3.8, 4) is 0 Å². The van der Waals surface area contributed by atoms with Gasteiger partial charge in [-0.3, -0.25) is 0 Å². The van der Waals surface area contributed by atoms with Crippen molar-refractivity contribution in [2.24, 2.45) is 0 Å². The van der Waals surface area contributed by atoms with Crippen LogP contribution in [0.5, 0.6) is 0 Å². The minimum atomic E-state index is -0.113. The van der Waals surface area contributed by atoms with E-state index in [9.17, 15) is 4.79 Å². The molecule has 84 valence electrons. The summed E-state index contributed by atoms with van der Waals surface area (Å²) in [5, 5.41) is 0. The molecule has 0 radical (unpaired) electrons. The highest BCUT2D eigenvalue weighted by Crippen LogP contribution is 2.29. The van der Waals surface area contributed by atoms with Gasteiger partial charge in [-0.2, -0.15) is 0 Å². The van der Waals surface area contributed by atoms with Crippen LogP contribution in [0, 0.1) is 0 Å². The Labute approximate surface area is 89.5 Å². The maximum atomic E-state index is 11.8. The van der Waals surface area contributed by atoms with Crippen molar-refractivity contribution in [2.45, 2.75) is 50.4 Å². The van der Waals surface area contributed by atoms with Gasteiger partial charge >= 0.3 is 6.09 Å². The predicted octanol–water partition coefficient (Wildman–Crippen LogP) is 1.54. The van der Waals surface area contributed by atoms with Crippen molar-refractivity contribution in [1.82, 2.24) is 4.90 Å². The normalized spacial score (nSPS) is 35.1. The summed E-state index contributed by atoms with van der Waals surface area (Å²) in [5.74, 6) is 0. The van der Waals surface area contributed by atoms with E-state index in [0.717, 1.165) is 25.8 Å². The fourth-order valence-electron chi connectivity index (χ4n) is 2.84. The van der Waals surface area contributed by atoms with Crippen LogP contribution >= 0.6 is 0 Å². The molecule has 0 N–H and O–H groups in total. The van der Waals surface area contributed by atoms with Crippen LogP contribution in [0.4, 0.5) is 4.79 Å². The lowest BCUT2D eigenvalue weighted by molar-refractivity contribution is 0.0103. The molecule has 0 spiro atoms. The maximum absolute atomic E-state index is 11.8. The molecule has 0 aromatic heterocycles. The topological polar surface area (TPSA) is 38.8 Å². The smallest absolute Gasteiger partial charge is 0.410 e. The molecule has 0 aromatic rings. The average Bonchev–Trinajstić information content (AvgIpc) is 2.93. The van der Waals surface area contributed by atoms with E-state index in [1.807, 2.05) is 4.90 Å². The van der Waals surface area contributed by atoms with E-state index in [1.165, 1.54) is 12.8 Å². The molecule has 4 heteroatoms. The number of hydrogen-bond donors (Lipinski definition) is 0. The molecule has 4 nitrogen and oxygen atoms in total. The number of carbonyl (C=O) groups excluding carboxylic acids is 1. The molecule has 0 unspecified atom stereocenters. The Morgan fingerprint density at radius 1 is 1.33 bits per heavy atom. The molecule has 2 saturated heterocycles. The Kier molecular flexibility index (Phi) is 2.31. The van der Waals surface area contributed by atoms with E-state index < -0.39 is 0 Å². The average molecular weight is 211 g/mol. The van der Waals surface area contributed by atoms with Crippen molar-refractivity contribution < 1.29 is 14.3 Å². The Morgan fingerprint density at radius 2 is 2.13 bits per heavy atom. The number of rotatable bonds is 1. The Balaban J connectivity index is 1.56. The first kappa shape index (κ1) is 9.46. The quantitative estimate of drug-likeness (QED) is 0.660. The molecule has 0 aromatic carbocycles. The van der Waals surface area contributed by atoms with Crippen LogP contribution in [0.1, 0.15) is 32.1 Å². The molecule has 2 bridgehead atoms. The molecular formula is C11H17NO3. The first-order valence-corrected chi connectivity index (χ1v) is 5.92. The van der Waals surface area contributed by atoms with Crippen LogP contribution in [0.2, 0.25) is 0 Å². The highest BCUT2D eigenvalue weighted by Gasteiger charge is 2.42. The molecule has 2 atom stereocenters. The fourth-order valence-corrected chi connectivity index (χ4v) is 2.84. The maximum Gasteiger partial charge on any atom is 0.410 e. The van der Waals surface area contributed by atoms with Crippen molar-refractivity contribution in [1.29, 1.82) is 0 Å². The molecule has 3 aliphatic rings. The molecule has 1 amide bonds. The second-order valence-corrected chi connectivity index (χ2v) is 4.79. The van der Waals surface area contributed by atoms with Gasteiger partial charge in [-0.25, -0.2) is 4.79 Å². The second kappa shape index (κ2) is 3.67. The minimum absolute atomic E-state index is 0.113. The first-order chi connectivity index (χ1) is 7.33. The molecule has 2 aliphatic heterocycles. The van der Waals surface area contributed by atoms with Crippen LogP contribution in [0.15, 0.2) is 0 Å². The zero-order chi connectivity index (χ0) is 10.3. The van der Waals surface area contributed by atoms with Gasteiger partial charge in [0.05, 0.1) is 25.3 Å². The summed E-state index contributed by atoms with van der Waals surface area (Å²) in [5.41, 5.74) is 0. The monoisotopic (exact) mass is 211 g/mol. The summed E-state index contributed by atoms with van der Waals surface area (Å²) in [6.45, 7) is 1.43. The second-order valence-electron chi connectivity index (χ2n) is 4.79. The van der Waals surface area contributed by atoms with Gasteiger partial charge in [0.2, 0.25) is 0 Å². The Bertz CT molecular complexity index is 263. The lowest BCUT2D eigenvalue weighted by atomic mass is 10.2. The van der Waals surface area contributed by atoms with E-state index in [1.54, 1.807) is 0 Å². The molecule has 1 saturated carbocycles. The summed E-state index contributed by atoms with van der Waals surface area (Å²) in [4.78, 5) is 13.7. The van der Waals surface area contributed by atoms with Crippen LogP contribution < -0.4 is 0 Å². The van der Waals surface area contributed by atoms with Crippen LogP contribution in [-0.4, -0.2) is 42.4 Å². The molecule has 1 aliphatic carbocycles. The SMILES string of the molecule is O=C(OC1CCCC1)N1C[C@H]2C[C@H]1CO2. The van der Waals surface area contributed by atoms with Gasteiger partial charge in [-0.05, 0) is 32.1 Å². The highest BCUT2D eigenvalue weighted by atomic mass is 16.6. The fraction of sp³-hybridized carbons (Fsp3) is 0.909. The van der Waals surface area contributed by atoms with E-state index >= 15 is 0 Å². The van der Waals surface area contributed by atoms with Crippen molar-refractivity contribution >= 4 is 6.09 Å². The molecule has 15 heavy (non-hydrogen) atoms. The lowest BCUT2D eigenvalue weighted by Gasteiger charge is -2.27. The van der Waals surface area contributed by atoms with Gasteiger partial charge in [-0.1, -0.05) is 0 Å². The van der Waals surface area contributed by atoms with Crippen LogP contribution in [-0.2, 0) is 9.47 Å². The predicted molar refractivity (Wildman–Crippen MR) is 53.6 cm³/mol. The van der Waals surface area contributed by atoms with Gasteiger partial charge in [0.15, 0.2) is 0 Å². The first-order valence-electron chi connectivity index (χ1n) is 5.92. The third-order valence-electron chi connectivity index (χ3n) is 3.70. The van der Waals surface area contributed by atoms with E-state index in [-0.39, 0.29) is 24.3 Å². The minimum Gasteiger partial charge on any atom is -0.446 e. The summed E-state index contributed by atoms with van der Waals surface area (Å²) in [6.07, 6.45) is 5.83. The third kappa shape index (κ3) is 1.71. The van der Waals surface area contributed by atoms with Gasteiger partial charge < -0.3 is 14.4 Å². The number of amides is 1. The van der Waals surface area contributed by atoms with Crippen LogP contribution in [0.3, 0.4) is 0 Å². The number of carbonyl (C=O) groups is 1.